The lowest BCUT2D eigenvalue weighted by molar-refractivity contribution is -0.132. The molecule has 1 aliphatic heterocycles. The summed E-state index contributed by atoms with van der Waals surface area (Å²) in [4.78, 5) is 24.3. The van der Waals surface area contributed by atoms with Crippen LogP contribution >= 0.6 is 11.6 Å². The Kier molecular flexibility index (Phi) is 4.77. The number of nitrogens with one attached hydrogen (secondary N) is 2. The molecule has 1 amide bonds. The van der Waals surface area contributed by atoms with Crippen LogP contribution in [0.15, 0.2) is 66.5 Å². The van der Waals surface area contributed by atoms with E-state index in [1.165, 1.54) is 29.1 Å². The van der Waals surface area contributed by atoms with E-state index in [-0.39, 0.29) is 22.6 Å². The Morgan fingerprint density at radius 1 is 1.17 bits per heavy atom. The lowest BCUT2D eigenvalue weighted by atomic mass is 10.0. The lowest BCUT2D eigenvalue weighted by Crippen LogP contribution is -2.26. The first-order chi connectivity index (χ1) is 13.9. The van der Waals surface area contributed by atoms with Gasteiger partial charge in [0.25, 0.3) is 5.91 Å². The normalized spacial score (nSPS) is 15.1. The molecule has 9 heteroatoms. The van der Waals surface area contributed by atoms with Crippen LogP contribution in [0.3, 0.4) is 0 Å². The van der Waals surface area contributed by atoms with Crippen molar-refractivity contribution < 1.29 is 19.1 Å². The summed E-state index contributed by atoms with van der Waals surface area (Å²) in [6.45, 7) is 0. The molecule has 1 atom stereocenters. The Balaban J connectivity index is 1.73. The van der Waals surface area contributed by atoms with Crippen molar-refractivity contribution in [1.29, 1.82) is 0 Å². The number of halogens is 2. The van der Waals surface area contributed by atoms with Crippen LogP contribution in [0.25, 0.3) is 0 Å². The molecule has 4 rings (SSSR count). The third-order valence-corrected chi connectivity index (χ3v) is 4.69. The second-order valence-corrected chi connectivity index (χ2v) is 6.73. The average molecular weight is 413 g/mol. The molecule has 2 aromatic carbocycles. The maximum absolute atomic E-state index is 14.4. The van der Waals surface area contributed by atoms with Gasteiger partial charge in [0.15, 0.2) is 0 Å². The van der Waals surface area contributed by atoms with Gasteiger partial charge in [-0.3, -0.25) is 4.79 Å². The van der Waals surface area contributed by atoms with Crippen LogP contribution in [0.2, 0.25) is 5.02 Å². The monoisotopic (exact) mass is 412 g/mol. The minimum Gasteiger partial charge on any atom is -0.477 e. The molecule has 0 bridgehead atoms. The minimum absolute atomic E-state index is 0.119. The Labute approximate surface area is 169 Å². The molecule has 0 spiro atoms. The molecule has 3 N–H and O–H groups in total. The number of fused-ring (bicyclic) bond motifs is 1. The van der Waals surface area contributed by atoms with Crippen molar-refractivity contribution in [3.63, 3.8) is 0 Å². The first-order valence-electron chi connectivity index (χ1n) is 8.55. The fourth-order valence-corrected chi connectivity index (χ4v) is 3.18. The Morgan fingerprint density at radius 2 is 1.90 bits per heavy atom. The molecule has 0 saturated carbocycles. The van der Waals surface area contributed by atoms with E-state index in [1.807, 2.05) is 0 Å². The number of carbonyl (C=O) groups excluding carboxylic acids is 1. The molecule has 0 fully saturated rings. The summed E-state index contributed by atoms with van der Waals surface area (Å²) in [6, 6.07) is 11.7. The number of allylic oxidation sites excluding steroid dienone is 1. The Bertz CT molecular complexity index is 1140. The number of anilines is 2. The number of carbonyl (C=O) groups is 2. The second-order valence-electron chi connectivity index (χ2n) is 6.29. The highest BCUT2D eigenvalue weighted by Crippen LogP contribution is 2.33. The highest BCUT2D eigenvalue weighted by Gasteiger charge is 2.30. The lowest BCUT2D eigenvalue weighted by Gasteiger charge is -2.24. The van der Waals surface area contributed by atoms with Crippen molar-refractivity contribution in [1.82, 2.24) is 9.78 Å². The zero-order valence-electron chi connectivity index (χ0n) is 14.8. The van der Waals surface area contributed by atoms with Gasteiger partial charge < -0.3 is 15.7 Å². The fraction of sp³-hybridized carbons (Fsp3) is 0.0500. The predicted octanol–water partition coefficient (Wildman–Crippen LogP) is 3.91. The van der Waals surface area contributed by atoms with Gasteiger partial charge in [-0.25, -0.2) is 13.9 Å². The molecule has 7 nitrogen and oxygen atoms in total. The van der Waals surface area contributed by atoms with Gasteiger partial charge in [-0.1, -0.05) is 29.8 Å². The van der Waals surface area contributed by atoms with Gasteiger partial charge in [-0.05, 0) is 36.4 Å². The van der Waals surface area contributed by atoms with E-state index in [0.717, 1.165) is 0 Å². The van der Waals surface area contributed by atoms with Gasteiger partial charge in [0, 0.05) is 16.3 Å². The van der Waals surface area contributed by atoms with Crippen molar-refractivity contribution in [2.75, 3.05) is 10.6 Å². The quantitative estimate of drug-likeness (QED) is 0.603. The highest BCUT2D eigenvalue weighted by atomic mass is 35.5. The van der Waals surface area contributed by atoms with Gasteiger partial charge in [0.05, 0.1) is 6.20 Å². The summed E-state index contributed by atoms with van der Waals surface area (Å²) in [7, 11) is 0. The van der Waals surface area contributed by atoms with Gasteiger partial charge in [-0.15, -0.1) is 0 Å². The van der Waals surface area contributed by atoms with Crippen LogP contribution in [-0.2, 0) is 4.79 Å². The smallest absolute Gasteiger partial charge is 0.352 e. The highest BCUT2D eigenvalue weighted by molar-refractivity contribution is 6.30. The van der Waals surface area contributed by atoms with Gasteiger partial charge in [0.1, 0.15) is 28.9 Å². The largest absolute Gasteiger partial charge is 0.477 e. The third kappa shape index (κ3) is 3.57. The molecule has 2 heterocycles. The minimum atomic E-state index is -1.23. The fourth-order valence-electron chi connectivity index (χ4n) is 3.05. The van der Waals surface area contributed by atoms with E-state index >= 15 is 0 Å². The second kappa shape index (κ2) is 7.40. The molecule has 1 aliphatic rings. The van der Waals surface area contributed by atoms with Gasteiger partial charge in [0.2, 0.25) is 0 Å². The number of aromatic nitrogens is 2. The number of benzene rings is 2. The molecule has 29 heavy (non-hydrogen) atoms. The summed E-state index contributed by atoms with van der Waals surface area (Å²) in [6.07, 6.45) is 2.65. The van der Waals surface area contributed by atoms with E-state index in [0.29, 0.717) is 10.7 Å². The summed E-state index contributed by atoms with van der Waals surface area (Å²) in [5.41, 5.74) is 0.691. The van der Waals surface area contributed by atoms with E-state index in [2.05, 4.69) is 15.7 Å². The summed E-state index contributed by atoms with van der Waals surface area (Å²) in [5.74, 6) is -2.08. The van der Waals surface area contributed by atoms with E-state index < -0.39 is 23.7 Å². The van der Waals surface area contributed by atoms with Crippen LogP contribution in [0.4, 0.5) is 15.9 Å². The third-order valence-electron chi connectivity index (χ3n) is 4.44. The molecule has 1 aromatic heterocycles. The zero-order valence-corrected chi connectivity index (χ0v) is 15.5. The van der Waals surface area contributed by atoms with Crippen LogP contribution in [0.1, 0.15) is 22.0 Å². The molecular weight excluding hydrogens is 399 g/mol. The van der Waals surface area contributed by atoms with E-state index in [9.17, 15) is 19.1 Å². The SMILES string of the molecule is O=C(O)C1=C[C@@H](c2ccccc2F)n2ncc(C(=O)Nc3ccc(Cl)cc3)c2N1. The zero-order chi connectivity index (χ0) is 20.5. The molecule has 3 aromatic rings. The van der Waals surface area contributed by atoms with Crippen LogP contribution in [0, 0.1) is 5.82 Å². The van der Waals surface area contributed by atoms with Crippen molar-refractivity contribution in [2.45, 2.75) is 6.04 Å². The maximum atomic E-state index is 14.4. The number of carboxylic acids is 1. The average Bonchev–Trinajstić information content (AvgIpc) is 3.13. The van der Waals surface area contributed by atoms with Gasteiger partial charge in [-0.2, -0.15) is 5.10 Å². The number of nitrogens with zero attached hydrogens (tertiary/aromatic N) is 2. The molecular formula is C20H14ClFN4O3. The van der Waals surface area contributed by atoms with Crippen molar-refractivity contribution >= 4 is 35.0 Å². The van der Waals surface area contributed by atoms with Crippen molar-refractivity contribution in [3.05, 3.63) is 88.5 Å². The molecule has 0 unspecified atom stereocenters. The first kappa shape index (κ1) is 18.7. The first-order valence-corrected chi connectivity index (χ1v) is 8.93. The number of aliphatic carboxylic acids is 1. The van der Waals surface area contributed by atoms with E-state index in [1.54, 1.807) is 36.4 Å². The van der Waals surface area contributed by atoms with Crippen LogP contribution in [-0.4, -0.2) is 26.8 Å². The van der Waals surface area contributed by atoms with E-state index in [4.69, 9.17) is 11.6 Å². The standard InChI is InChI=1S/C20H14ClFN4O3/c21-11-5-7-12(8-6-11)24-19(27)14-10-23-26-17(13-3-1-2-4-15(13)22)9-16(20(28)29)25-18(14)26/h1-10,17,25H,(H,24,27)(H,28,29)/t17-/m0/s1. The van der Waals surface area contributed by atoms with Gasteiger partial charge >= 0.3 is 5.97 Å². The van der Waals surface area contributed by atoms with Crippen LogP contribution in [0.5, 0.6) is 0 Å². The topological polar surface area (TPSA) is 96.2 Å². The molecule has 0 aliphatic carbocycles. The Morgan fingerprint density at radius 3 is 2.59 bits per heavy atom. The molecule has 0 saturated heterocycles. The predicted molar refractivity (Wildman–Crippen MR) is 106 cm³/mol. The number of hydrogen-bond donors (Lipinski definition) is 3. The van der Waals surface area contributed by atoms with Crippen molar-refractivity contribution in [2.24, 2.45) is 0 Å². The molecule has 146 valence electrons. The number of amides is 1. The number of carboxylic acid groups (broad SMARTS) is 1. The summed E-state index contributed by atoms with van der Waals surface area (Å²) < 4.78 is 15.7. The summed E-state index contributed by atoms with van der Waals surface area (Å²) >= 11 is 5.85. The summed E-state index contributed by atoms with van der Waals surface area (Å²) in [5, 5.41) is 19.6. The number of hydrogen-bond acceptors (Lipinski definition) is 4. The Hall–Kier alpha value is -3.65. The maximum Gasteiger partial charge on any atom is 0.352 e. The molecule has 0 radical (unpaired) electrons. The van der Waals surface area contributed by atoms with Crippen LogP contribution < -0.4 is 10.6 Å². The van der Waals surface area contributed by atoms with Crippen molar-refractivity contribution in [3.8, 4) is 0 Å². The number of rotatable bonds is 4.